The summed E-state index contributed by atoms with van der Waals surface area (Å²) in [5.41, 5.74) is 2.68. The minimum absolute atomic E-state index is 0.00111. The molecule has 2 fully saturated rings. The number of amides is 2. The molecule has 0 radical (unpaired) electrons. The monoisotopic (exact) mass is 293 g/mol. The number of allylic oxidation sites excluding steroid dienone is 1. The van der Waals surface area contributed by atoms with Crippen LogP contribution in [0.25, 0.3) is 0 Å². The third-order valence-corrected chi connectivity index (χ3v) is 8.59. The van der Waals surface area contributed by atoms with Gasteiger partial charge in [0, 0.05) is 23.0 Å². The SMILES string of the molecule is CC(=O)N1C(=O)S[C@H]2[C@@H]1[C@@]1(C)C(C)=C(C)[C@]2(C)C1(C)C. The molecule has 0 spiro atoms. The maximum absolute atomic E-state index is 12.3. The summed E-state index contributed by atoms with van der Waals surface area (Å²) in [6.45, 7) is 15.0. The van der Waals surface area contributed by atoms with Crippen LogP contribution in [0.1, 0.15) is 48.5 Å². The van der Waals surface area contributed by atoms with E-state index in [2.05, 4.69) is 41.5 Å². The van der Waals surface area contributed by atoms with Crippen LogP contribution in [-0.2, 0) is 4.79 Å². The Hall–Kier alpha value is -0.770. The fourth-order valence-corrected chi connectivity index (χ4v) is 7.02. The maximum atomic E-state index is 12.3. The molecule has 1 heterocycles. The number of fused-ring (bicyclic) bond motifs is 5. The highest BCUT2D eigenvalue weighted by Crippen LogP contribution is 2.78. The van der Waals surface area contributed by atoms with Crippen molar-refractivity contribution in [2.75, 3.05) is 0 Å². The second kappa shape index (κ2) is 3.52. The van der Waals surface area contributed by atoms with Crippen LogP contribution in [0.4, 0.5) is 4.79 Å². The topological polar surface area (TPSA) is 37.4 Å². The highest BCUT2D eigenvalue weighted by atomic mass is 32.2. The largest absolute Gasteiger partial charge is 0.288 e. The van der Waals surface area contributed by atoms with Gasteiger partial charge in [0.05, 0.1) is 6.04 Å². The van der Waals surface area contributed by atoms with Gasteiger partial charge in [-0.3, -0.25) is 14.5 Å². The van der Waals surface area contributed by atoms with Gasteiger partial charge < -0.3 is 0 Å². The summed E-state index contributed by atoms with van der Waals surface area (Å²) in [7, 11) is 0. The molecule has 0 aromatic heterocycles. The molecule has 0 N–H and O–H groups in total. The number of rotatable bonds is 0. The normalized spacial score (nSPS) is 45.4. The standard InChI is InChI=1S/C16H23NO2S/c1-8-9(2)16(7)12-11(15(8,6)14(16,4)5)17(10(3)18)13(19)20-12/h11-12H,1-7H3/t11-,12+,15-,16+/m1/s1. The molecule has 2 amide bonds. The Morgan fingerprint density at radius 2 is 1.60 bits per heavy atom. The van der Waals surface area contributed by atoms with Gasteiger partial charge in [-0.1, -0.05) is 50.6 Å². The highest BCUT2D eigenvalue weighted by molar-refractivity contribution is 8.14. The Kier molecular flexibility index (Phi) is 2.49. The van der Waals surface area contributed by atoms with Gasteiger partial charge in [0.2, 0.25) is 5.91 Å². The van der Waals surface area contributed by atoms with Crippen LogP contribution < -0.4 is 0 Å². The Morgan fingerprint density at radius 1 is 1.10 bits per heavy atom. The number of thioether (sulfide) groups is 1. The van der Waals surface area contributed by atoms with Crippen molar-refractivity contribution in [1.82, 2.24) is 4.90 Å². The molecule has 4 heteroatoms. The van der Waals surface area contributed by atoms with E-state index in [-0.39, 0.29) is 38.7 Å². The van der Waals surface area contributed by atoms with E-state index in [0.29, 0.717) is 0 Å². The number of hydrogen-bond acceptors (Lipinski definition) is 3. The van der Waals surface area contributed by atoms with Crippen molar-refractivity contribution in [3.8, 4) is 0 Å². The molecule has 3 rings (SSSR count). The zero-order chi connectivity index (χ0) is 15.2. The molecule has 0 aromatic rings. The second-order valence-electron chi connectivity index (χ2n) is 7.42. The van der Waals surface area contributed by atoms with Crippen molar-refractivity contribution in [2.45, 2.75) is 59.8 Å². The number of carbonyl (C=O) groups excluding carboxylic acids is 2. The van der Waals surface area contributed by atoms with Gasteiger partial charge in [-0.05, 0) is 19.3 Å². The van der Waals surface area contributed by atoms with E-state index in [1.165, 1.54) is 34.7 Å². The molecule has 0 unspecified atom stereocenters. The summed E-state index contributed by atoms with van der Waals surface area (Å²) >= 11 is 1.37. The summed E-state index contributed by atoms with van der Waals surface area (Å²) in [5.74, 6) is -0.117. The molecule has 2 bridgehead atoms. The van der Waals surface area contributed by atoms with E-state index < -0.39 is 0 Å². The summed E-state index contributed by atoms with van der Waals surface area (Å²) in [6.07, 6.45) is 0. The smallest absolute Gasteiger partial charge is 0.275 e. The average molecular weight is 293 g/mol. The molecule has 20 heavy (non-hydrogen) atoms. The van der Waals surface area contributed by atoms with Gasteiger partial charge in [0.25, 0.3) is 5.24 Å². The summed E-state index contributed by atoms with van der Waals surface area (Å²) in [5, 5.41) is 0.116. The number of nitrogens with zero attached hydrogens (tertiary/aromatic N) is 1. The molecule has 0 aromatic carbocycles. The zero-order valence-corrected chi connectivity index (χ0v) is 14.1. The van der Waals surface area contributed by atoms with Crippen LogP contribution in [0.15, 0.2) is 11.1 Å². The molecular weight excluding hydrogens is 270 g/mol. The van der Waals surface area contributed by atoms with Crippen molar-refractivity contribution in [3.63, 3.8) is 0 Å². The Morgan fingerprint density at radius 3 is 2.10 bits per heavy atom. The molecule has 2 aliphatic carbocycles. The molecule has 4 atom stereocenters. The van der Waals surface area contributed by atoms with Gasteiger partial charge in [-0.2, -0.15) is 0 Å². The first kappa shape index (κ1) is 14.2. The van der Waals surface area contributed by atoms with Crippen LogP contribution >= 0.6 is 11.8 Å². The van der Waals surface area contributed by atoms with Crippen LogP contribution in [0.3, 0.4) is 0 Å². The third kappa shape index (κ3) is 1.07. The molecule has 3 nitrogen and oxygen atoms in total. The lowest BCUT2D eigenvalue weighted by atomic mass is 9.62. The summed E-state index contributed by atoms with van der Waals surface area (Å²) in [6, 6.07) is 0.00111. The lowest BCUT2D eigenvalue weighted by Crippen LogP contribution is -2.50. The van der Waals surface area contributed by atoms with Crippen molar-refractivity contribution >= 4 is 22.9 Å². The van der Waals surface area contributed by atoms with E-state index in [4.69, 9.17) is 0 Å². The summed E-state index contributed by atoms with van der Waals surface area (Å²) in [4.78, 5) is 25.8. The minimum atomic E-state index is -0.124. The van der Waals surface area contributed by atoms with E-state index in [0.717, 1.165) is 0 Å². The first-order chi connectivity index (χ1) is 9.02. The summed E-state index contributed by atoms with van der Waals surface area (Å²) < 4.78 is 0. The molecule has 1 saturated carbocycles. The first-order valence-electron chi connectivity index (χ1n) is 7.21. The fourth-order valence-electron chi connectivity index (χ4n) is 5.21. The van der Waals surface area contributed by atoms with Crippen molar-refractivity contribution in [3.05, 3.63) is 11.1 Å². The van der Waals surface area contributed by atoms with E-state index in [1.807, 2.05) is 0 Å². The zero-order valence-electron chi connectivity index (χ0n) is 13.3. The fraction of sp³-hybridized carbons (Fsp3) is 0.750. The molecular formula is C16H23NO2S. The van der Waals surface area contributed by atoms with Crippen LogP contribution in [0.2, 0.25) is 0 Å². The Balaban J connectivity index is 2.28. The number of hydrogen-bond donors (Lipinski definition) is 0. The molecule has 1 aliphatic heterocycles. The highest BCUT2D eigenvalue weighted by Gasteiger charge is 2.78. The van der Waals surface area contributed by atoms with Crippen molar-refractivity contribution < 1.29 is 9.59 Å². The second-order valence-corrected chi connectivity index (χ2v) is 8.51. The number of imide groups is 1. The predicted octanol–water partition coefficient (Wildman–Crippen LogP) is 3.84. The van der Waals surface area contributed by atoms with E-state index in [1.54, 1.807) is 0 Å². The van der Waals surface area contributed by atoms with Gasteiger partial charge in [0.15, 0.2) is 0 Å². The van der Waals surface area contributed by atoms with Crippen LogP contribution in [0.5, 0.6) is 0 Å². The van der Waals surface area contributed by atoms with Crippen LogP contribution in [-0.4, -0.2) is 27.3 Å². The van der Waals surface area contributed by atoms with Crippen molar-refractivity contribution in [2.24, 2.45) is 16.2 Å². The van der Waals surface area contributed by atoms with Gasteiger partial charge in [-0.15, -0.1) is 0 Å². The van der Waals surface area contributed by atoms with E-state index >= 15 is 0 Å². The first-order valence-corrected chi connectivity index (χ1v) is 8.09. The minimum Gasteiger partial charge on any atom is -0.275 e. The third-order valence-electron chi connectivity index (χ3n) is 7.21. The lowest BCUT2D eigenvalue weighted by Gasteiger charge is -2.44. The van der Waals surface area contributed by atoms with Crippen LogP contribution in [0, 0.1) is 16.2 Å². The van der Waals surface area contributed by atoms with Crippen molar-refractivity contribution in [1.29, 1.82) is 0 Å². The quantitative estimate of drug-likeness (QED) is 0.637. The Labute approximate surface area is 125 Å². The van der Waals surface area contributed by atoms with Gasteiger partial charge in [0.1, 0.15) is 0 Å². The molecule has 3 aliphatic rings. The maximum Gasteiger partial charge on any atom is 0.288 e. The molecule has 110 valence electrons. The lowest BCUT2D eigenvalue weighted by molar-refractivity contribution is -0.128. The Bertz CT molecular complexity index is 579. The van der Waals surface area contributed by atoms with E-state index in [9.17, 15) is 9.59 Å². The molecule has 1 saturated heterocycles. The number of carbonyl (C=O) groups is 2. The van der Waals surface area contributed by atoms with Gasteiger partial charge in [-0.25, -0.2) is 0 Å². The predicted molar refractivity (Wildman–Crippen MR) is 81.5 cm³/mol. The average Bonchev–Trinajstić information content (AvgIpc) is 2.79. The van der Waals surface area contributed by atoms with Gasteiger partial charge >= 0.3 is 0 Å².